The number of halogens is 2. The molecule has 0 heterocycles. The van der Waals surface area contributed by atoms with Gasteiger partial charge in [0.25, 0.3) is 5.91 Å². The number of nitrogen functional groups attached to an aromatic ring is 1. The lowest BCUT2D eigenvalue weighted by atomic mass is 10.1. The largest absolute Gasteiger partial charge is 0.397 e. The van der Waals surface area contributed by atoms with Gasteiger partial charge in [0.15, 0.2) is 0 Å². The van der Waals surface area contributed by atoms with Gasteiger partial charge in [-0.05, 0) is 52.3 Å². The minimum absolute atomic E-state index is 0.164. The summed E-state index contributed by atoms with van der Waals surface area (Å²) < 4.78 is 0.815. The highest BCUT2D eigenvalue weighted by Crippen LogP contribution is 2.31. The van der Waals surface area contributed by atoms with Crippen LogP contribution in [0.5, 0.6) is 0 Å². The van der Waals surface area contributed by atoms with E-state index in [1.165, 1.54) is 0 Å². The van der Waals surface area contributed by atoms with E-state index in [9.17, 15) is 4.79 Å². The van der Waals surface area contributed by atoms with Crippen molar-refractivity contribution >= 4 is 50.5 Å². The summed E-state index contributed by atoms with van der Waals surface area (Å²) in [5.41, 5.74) is 8.49. The van der Waals surface area contributed by atoms with Gasteiger partial charge in [0.1, 0.15) is 0 Å². The number of carbonyl (C=O) groups is 1. The summed E-state index contributed by atoms with van der Waals surface area (Å²) >= 11 is 9.32. The maximum atomic E-state index is 11.6. The monoisotopic (exact) mass is 353 g/mol. The zero-order valence-corrected chi connectivity index (χ0v) is 13.0. The Balaban J connectivity index is 2.35. The molecule has 2 rings (SSSR count). The first-order valence-electron chi connectivity index (χ1n) is 5.85. The summed E-state index contributed by atoms with van der Waals surface area (Å²) in [6, 6.07) is 10.5. The third-order valence-corrected chi connectivity index (χ3v) is 3.63. The van der Waals surface area contributed by atoms with Gasteiger partial charge in [-0.25, -0.2) is 0 Å². The normalized spacial score (nSPS) is 10.2. The van der Waals surface area contributed by atoms with Crippen LogP contribution in [-0.2, 0) is 0 Å². The molecule has 0 aliphatic carbocycles. The molecule has 4 N–H and O–H groups in total. The number of nitrogens with two attached hydrogens (primary N) is 1. The third kappa shape index (κ3) is 3.23. The van der Waals surface area contributed by atoms with Crippen LogP contribution in [0.3, 0.4) is 0 Å². The first-order valence-corrected chi connectivity index (χ1v) is 7.02. The Labute approximate surface area is 130 Å². The number of hydrogen-bond acceptors (Lipinski definition) is 3. The Hall–Kier alpha value is -1.72. The van der Waals surface area contributed by atoms with E-state index in [1.807, 2.05) is 6.07 Å². The molecule has 0 unspecified atom stereocenters. The molecule has 0 fully saturated rings. The molecule has 0 radical (unpaired) electrons. The van der Waals surface area contributed by atoms with E-state index in [1.54, 1.807) is 37.4 Å². The van der Waals surface area contributed by atoms with Gasteiger partial charge in [-0.1, -0.05) is 11.6 Å². The number of amides is 1. The molecule has 0 bridgehead atoms. The summed E-state index contributed by atoms with van der Waals surface area (Å²) in [5.74, 6) is -0.164. The topological polar surface area (TPSA) is 67.2 Å². The highest BCUT2D eigenvalue weighted by atomic mass is 79.9. The number of benzene rings is 2. The molecule has 20 heavy (non-hydrogen) atoms. The van der Waals surface area contributed by atoms with Crippen LogP contribution in [0.1, 0.15) is 10.4 Å². The maximum Gasteiger partial charge on any atom is 0.251 e. The maximum absolute atomic E-state index is 11.6. The summed E-state index contributed by atoms with van der Waals surface area (Å²) in [6.45, 7) is 0. The van der Waals surface area contributed by atoms with Crippen LogP contribution in [0, 0.1) is 0 Å². The van der Waals surface area contributed by atoms with Crippen molar-refractivity contribution in [2.45, 2.75) is 0 Å². The standard InChI is InChI=1S/C14H13BrClN3O/c1-18-14(20)8-2-4-11(17)13(6-8)19-12-5-3-9(16)7-10(12)15/h2-7,19H,17H2,1H3,(H,18,20). The second-order valence-corrected chi connectivity index (χ2v) is 5.42. The van der Waals surface area contributed by atoms with E-state index >= 15 is 0 Å². The number of carbonyl (C=O) groups excluding carboxylic acids is 1. The van der Waals surface area contributed by atoms with Crippen molar-refractivity contribution in [1.82, 2.24) is 5.32 Å². The van der Waals surface area contributed by atoms with Gasteiger partial charge in [-0.15, -0.1) is 0 Å². The number of nitrogens with one attached hydrogen (secondary N) is 2. The molecule has 0 aromatic heterocycles. The molecular formula is C14H13BrClN3O. The Morgan fingerprint density at radius 1 is 1.20 bits per heavy atom. The van der Waals surface area contributed by atoms with Crippen molar-refractivity contribution in [2.75, 3.05) is 18.1 Å². The third-order valence-electron chi connectivity index (χ3n) is 2.74. The fraction of sp³-hybridized carbons (Fsp3) is 0.0714. The molecule has 4 nitrogen and oxygen atoms in total. The molecule has 0 saturated heterocycles. The van der Waals surface area contributed by atoms with Gasteiger partial charge in [0.05, 0.1) is 17.1 Å². The minimum Gasteiger partial charge on any atom is -0.397 e. The SMILES string of the molecule is CNC(=O)c1ccc(N)c(Nc2ccc(Cl)cc2Br)c1. The fourth-order valence-corrected chi connectivity index (χ4v) is 2.47. The average molecular weight is 355 g/mol. The van der Waals surface area contributed by atoms with Gasteiger partial charge in [-0.3, -0.25) is 4.79 Å². The van der Waals surface area contributed by atoms with Crippen LogP contribution >= 0.6 is 27.5 Å². The van der Waals surface area contributed by atoms with Crippen LogP contribution in [0.4, 0.5) is 17.1 Å². The predicted octanol–water partition coefficient (Wildman–Crippen LogP) is 3.79. The zero-order valence-electron chi connectivity index (χ0n) is 10.7. The van der Waals surface area contributed by atoms with Crippen molar-refractivity contribution in [3.8, 4) is 0 Å². The van der Waals surface area contributed by atoms with Crippen molar-refractivity contribution in [1.29, 1.82) is 0 Å². The molecule has 0 aliphatic heterocycles. The summed E-state index contributed by atoms with van der Waals surface area (Å²) in [5, 5.41) is 6.39. The number of hydrogen-bond donors (Lipinski definition) is 3. The van der Waals surface area contributed by atoms with Crippen molar-refractivity contribution in [3.05, 3.63) is 51.5 Å². The molecule has 2 aromatic rings. The average Bonchev–Trinajstić information content (AvgIpc) is 2.43. The smallest absolute Gasteiger partial charge is 0.251 e. The molecule has 0 atom stereocenters. The molecule has 0 saturated carbocycles. The molecule has 2 aromatic carbocycles. The van der Waals surface area contributed by atoms with Gasteiger partial charge < -0.3 is 16.4 Å². The molecule has 6 heteroatoms. The Morgan fingerprint density at radius 3 is 2.60 bits per heavy atom. The van der Waals surface area contributed by atoms with E-state index in [0.717, 1.165) is 10.2 Å². The van der Waals surface area contributed by atoms with Gasteiger partial charge in [0.2, 0.25) is 0 Å². The predicted molar refractivity (Wildman–Crippen MR) is 86.7 cm³/mol. The summed E-state index contributed by atoms with van der Waals surface area (Å²) in [4.78, 5) is 11.6. The fourth-order valence-electron chi connectivity index (χ4n) is 1.69. The van der Waals surface area contributed by atoms with Crippen molar-refractivity contribution in [3.63, 3.8) is 0 Å². The molecule has 0 spiro atoms. The number of anilines is 3. The quantitative estimate of drug-likeness (QED) is 0.735. The van der Waals surface area contributed by atoms with Crippen LogP contribution < -0.4 is 16.4 Å². The van der Waals surface area contributed by atoms with Crippen molar-refractivity contribution in [2.24, 2.45) is 0 Å². The Bertz CT molecular complexity index is 661. The van der Waals surface area contributed by atoms with E-state index in [2.05, 4.69) is 26.6 Å². The highest BCUT2D eigenvalue weighted by Gasteiger charge is 2.08. The number of rotatable bonds is 3. The lowest BCUT2D eigenvalue weighted by molar-refractivity contribution is 0.0963. The second kappa shape index (κ2) is 6.15. The molecule has 1 amide bonds. The lowest BCUT2D eigenvalue weighted by Gasteiger charge is -2.12. The summed E-state index contributed by atoms with van der Waals surface area (Å²) in [7, 11) is 1.58. The first kappa shape index (κ1) is 14.7. The molecular weight excluding hydrogens is 342 g/mol. The van der Waals surface area contributed by atoms with E-state index < -0.39 is 0 Å². The second-order valence-electron chi connectivity index (χ2n) is 4.13. The van der Waals surface area contributed by atoms with Crippen LogP contribution in [0.25, 0.3) is 0 Å². The highest BCUT2D eigenvalue weighted by molar-refractivity contribution is 9.10. The minimum atomic E-state index is -0.164. The van der Waals surface area contributed by atoms with Gasteiger partial charge in [-0.2, -0.15) is 0 Å². The van der Waals surface area contributed by atoms with E-state index in [-0.39, 0.29) is 5.91 Å². The van der Waals surface area contributed by atoms with Crippen LogP contribution in [0.15, 0.2) is 40.9 Å². The van der Waals surface area contributed by atoms with Gasteiger partial charge >= 0.3 is 0 Å². The van der Waals surface area contributed by atoms with Crippen LogP contribution in [0.2, 0.25) is 5.02 Å². The van der Waals surface area contributed by atoms with Gasteiger partial charge in [0, 0.05) is 22.1 Å². The Morgan fingerprint density at radius 2 is 1.95 bits per heavy atom. The van der Waals surface area contributed by atoms with E-state index in [0.29, 0.717) is 22.0 Å². The lowest BCUT2D eigenvalue weighted by Crippen LogP contribution is -2.18. The summed E-state index contributed by atoms with van der Waals surface area (Å²) in [6.07, 6.45) is 0. The first-order chi connectivity index (χ1) is 9.51. The molecule has 104 valence electrons. The van der Waals surface area contributed by atoms with Crippen LogP contribution in [-0.4, -0.2) is 13.0 Å². The molecule has 0 aliphatic rings. The van der Waals surface area contributed by atoms with E-state index in [4.69, 9.17) is 17.3 Å². The Kier molecular flexibility index (Phi) is 4.52. The zero-order chi connectivity index (χ0) is 14.7. The van der Waals surface area contributed by atoms with Crippen molar-refractivity contribution < 1.29 is 4.79 Å².